The van der Waals surface area contributed by atoms with Gasteiger partial charge in [0.15, 0.2) is 4.34 Å². The Kier molecular flexibility index (Phi) is 4.12. The van der Waals surface area contributed by atoms with Gasteiger partial charge in [-0.15, -0.1) is 10.2 Å². The van der Waals surface area contributed by atoms with Crippen LogP contribution in [0.2, 0.25) is 0 Å². The van der Waals surface area contributed by atoms with Gasteiger partial charge < -0.3 is 4.74 Å². The van der Waals surface area contributed by atoms with E-state index in [2.05, 4.69) is 10.2 Å². The molecule has 0 bridgehead atoms. The van der Waals surface area contributed by atoms with Gasteiger partial charge in [-0.3, -0.25) is 9.59 Å². The number of aryl methyl sites for hydroxylation is 1. The van der Waals surface area contributed by atoms with Crippen molar-refractivity contribution in [3.05, 3.63) is 29.3 Å². The van der Waals surface area contributed by atoms with Gasteiger partial charge in [0.2, 0.25) is 11.8 Å². The smallest absolute Gasteiger partial charge is 0.247 e. The average molecular weight is 335 g/mol. The van der Waals surface area contributed by atoms with Crippen molar-refractivity contribution < 1.29 is 14.3 Å². The van der Waals surface area contributed by atoms with Crippen LogP contribution in [0.25, 0.3) is 0 Å². The third-order valence-corrected chi connectivity index (χ3v) is 5.28. The number of thioether (sulfide) groups is 1. The Hall–Kier alpha value is -1.93. The summed E-state index contributed by atoms with van der Waals surface area (Å²) < 4.78 is 5.84. The Labute approximate surface area is 135 Å². The monoisotopic (exact) mass is 335 g/mol. The molecule has 22 heavy (non-hydrogen) atoms. The summed E-state index contributed by atoms with van der Waals surface area (Å²) in [7, 11) is 1.54. The van der Waals surface area contributed by atoms with Crippen LogP contribution in [0.3, 0.4) is 0 Å². The molecular weight excluding hydrogens is 322 g/mol. The van der Waals surface area contributed by atoms with Crippen molar-refractivity contribution >= 4 is 40.6 Å². The van der Waals surface area contributed by atoms with E-state index in [1.54, 1.807) is 31.4 Å². The number of nitrogens with zero attached hydrogens (tertiary/aromatic N) is 3. The third-order valence-electron chi connectivity index (χ3n) is 3.17. The van der Waals surface area contributed by atoms with Gasteiger partial charge in [0, 0.05) is 12.5 Å². The minimum absolute atomic E-state index is 0.166. The predicted molar refractivity (Wildman–Crippen MR) is 84.4 cm³/mol. The molecule has 1 atom stereocenters. The molecule has 3 rings (SSSR count). The Balaban J connectivity index is 1.81. The zero-order valence-electron chi connectivity index (χ0n) is 12.0. The first-order valence-corrected chi connectivity index (χ1v) is 8.25. The second kappa shape index (κ2) is 6.05. The summed E-state index contributed by atoms with van der Waals surface area (Å²) in [6, 6.07) is 6.92. The average Bonchev–Trinajstić information content (AvgIpc) is 3.03. The first kappa shape index (κ1) is 15.0. The summed E-state index contributed by atoms with van der Waals surface area (Å²) in [5.41, 5.74) is 0.533. The maximum absolute atomic E-state index is 12.5. The van der Waals surface area contributed by atoms with E-state index in [9.17, 15) is 9.59 Å². The minimum atomic E-state index is -0.453. The summed E-state index contributed by atoms with van der Waals surface area (Å²) in [5, 5.41) is 8.30. The van der Waals surface area contributed by atoms with E-state index in [1.165, 1.54) is 28.0 Å². The molecule has 1 aromatic carbocycles. The van der Waals surface area contributed by atoms with Gasteiger partial charge in [-0.05, 0) is 19.1 Å². The van der Waals surface area contributed by atoms with E-state index in [4.69, 9.17) is 4.74 Å². The van der Waals surface area contributed by atoms with Gasteiger partial charge in [-0.25, -0.2) is 4.90 Å². The van der Waals surface area contributed by atoms with Crippen LogP contribution in [-0.2, 0) is 9.59 Å². The van der Waals surface area contributed by atoms with E-state index in [-0.39, 0.29) is 18.2 Å². The molecule has 0 spiro atoms. The number of amides is 2. The van der Waals surface area contributed by atoms with Crippen molar-refractivity contribution in [3.8, 4) is 5.75 Å². The van der Waals surface area contributed by atoms with E-state index >= 15 is 0 Å². The molecule has 0 saturated carbocycles. The molecule has 6 nitrogen and oxygen atoms in total. The number of ether oxygens (including phenoxy) is 1. The summed E-state index contributed by atoms with van der Waals surface area (Å²) in [4.78, 5) is 26.0. The molecule has 1 aliphatic heterocycles. The van der Waals surface area contributed by atoms with Gasteiger partial charge in [0.25, 0.3) is 0 Å². The molecule has 114 valence electrons. The van der Waals surface area contributed by atoms with E-state index in [0.29, 0.717) is 15.8 Å². The molecule has 1 aromatic heterocycles. The number of hydrogen-bond acceptors (Lipinski definition) is 7. The second-order valence-corrected chi connectivity index (χ2v) is 7.30. The maximum Gasteiger partial charge on any atom is 0.247 e. The Bertz CT molecular complexity index is 732. The number of benzene rings is 1. The van der Waals surface area contributed by atoms with Crippen LogP contribution < -0.4 is 9.64 Å². The van der Waals surface area contributed by atoms with Gasteiger partial charge in [0.1, 0.15) is 16.0 Å². The summed E-state index contributed by atoms with van der Waals surface area (Å²) in [6.45, 7) is 1.85. The number of methoxy groups -OCH3 is 1. The molecule has 2 aromatic rings. The molecule has 0 N–H and O–H groups in total. The second-order valence-electron chi connectivity index (χ2n) is 4.67. The summed E-state index contributed by atoms with van der Waals surface area (Å²) in [6.07, 6.45) is 0.166. The third kappa shape index (κ3) is 2.84. The van der Waals surface area contributed by atoms with Gasteiger partial charge >= 0.3 is 0 Å². The first-order valence-electron chi connectivity index (χ1n) is 6.56. The largest absolute Gasteiger partial charge is 0.497 e. The molecule has 1 saturated heterocycles. The highest BCUT2D eigenvalue weighted by Crippen LogP contribution is 2.35. The van der Waals surface area contributed by atoms with E-state index in [1.807, 2.05) is 6.92 Å². The van der Waals surface area contributed by atoms with Crippen LogP contribution in [0.5, 0.6) is 5.75 Å². The normalized spacial score (nSPS) is 18.1. The van der Waals surface area contributed by atoms with Crippen molar-refractivity contribution in [2.75, 3.05) is 12.0 Å². The lowest BCUT2D eigenvalue weighted by atomic mass is 10.3. The fourth-order valence-corrected chi connectivity index (χ4v) is 4.25. The molecule has 1 aliphatic rings. The standard InChI is InChI=1S/C14H13N3O3S2/c1-8-15-16-14(21-8)22-11-7-12(18)17(13(11)19)9-4-3-5-10(6-9)20-2/h3-6,11H,7H2,1-2H3. The van der Waals surface area contributed by atoms with Crippen molar-refractivity contribution in [1.29, 1.82) is 0 Å². The number of carbonyl (C=O) groups excluding carboxylic acids is 2. The maximum atomic E-state index is 12.5. The zero-order valence-corrected chi connectivity index (χ0v) is 13.6. The van der Waals surface area contributed by atoms with Gasteiger partial charge in [0.05, 0.1) is 12.8 Å². The van der Waals surface area contributed by atoms with Gasteiger partial charge in [-0.1, -0.05) is 29.2 Å². The van der Waals surface area contributed by atoms with Gasteiger partial charge in [-0.2, -0.15) is 0 Å². The highest BCUT2D eigenvalue weighted by atomic mass is 32.2. The summed E-state index contributed by atoms with van der Waals surface area (Å²) in [5.74, 6) is 0.169. The van der Waals surface area contributed by atoms with Crippen molar-refractivity contribution in [1.82, 2.24) is 10.2 Å². The molecule has 1 fully saturated rings. The lowest BCUT2D eigenvalue weighted by Crippen LogP contribution is -2.31. The quantitative estimate of drug-likeness (QED) is 0.798. The SMILES string of the molecule is COc1cccc(N2C(=O)CC(Sc3nnc(C)s3)C2=O)c1. The Morgan fingerprint density at radius 2 is 2.18 bits per heavy atom. The van der Waals surface area contributed by atoms with Crippen LogP contribution in [0.1, 0.15) is 11.4 Å². The highest BCUT2D eigenvalue weighted by Gasteiger charge is 2.40. The lowest BCUT2D eigenvalue weighted by molar-refractivity contribution is -0.121. The number of carbonyl (C=O) groups is 2. The van der Waals surface area contributed by atoms with Crippen LogP contribution >= 0.6 is 23.1 Å². The number of anilines is 1. The van der Waals surface area contributed by atoms with Crippen molar-refractivity contribution in [2.24, 2.45) is 0 Å². The molecule has 0 radical (unpaired) electrons. The highest BCUT2D eigenvalue weighted by molar-refractivity contribution is 8.02. The zero-order chi connectivity index (χ0) is 15.7. The number of imide groups is 1. The Morgan fingerprint density at radius 3 is 2.86 bits per heavy atom. The van der Waals surface area contributed by atoms with Crippen molar-refractivity contribution in [2.45, 2.75) is 22.9 Å². The van der Waals surface area contributed by atoms with E-state index in [0.717, 1.165) is 5.01 Å². The fourth-order valence-electron chi connectivity index (χ4n) is 2.16. The Morgan fingerprint density at radius 1 is 1.36 bits per heavy atom. The molecule has 2 heterocycles. The minimum Gasteiger partial charge on any atom is -0.497 e. The molecular formula is C14H13N3O3S2. The molecule has 8 heteroatoms. The number of hydrogen-bond donors (Lipinski definition) is 0. The van der Waals surface area contributed by atoms with Crippen LogP contribution in [0.4, 0.5) is 5.69 Å². The first-order chi connectivity index (χ1) is 10.6. The molecule has 0 aliphatic carbocycles. The number of rotatable bonds is 4. The fraction of sp³-hybridized carbons (Fsp3) is 0.286. The van der Waals surface area contributed by atoms with Crippen LogP contribution in [0, 0.1) is 6.92 Å². The van der Waals surface area contributed by atoms with Crippen LogP contribution in [0.15, 0.2) is 28.6 Å². The topological polar surface area (TPSA) is 72.4 Å². The van der Waals surface area contributed by atoms with Crippen LogP contribution in [-0.4, -0.2) is 34.4 Å². The molecule has 2 amide bonds. The predicted octanol–water partition coefficient (Wildman–Crippen LogP) is 2.28. The van der Waals surface area contributed by atoms with Crippen molar-refractivity contribution in [3.63, 3.8) is 0 Å². The summed E-state index contributed by atoms with van der Waals surface area (Å²) >= 11 is 2.71. The lowest BCUT2D eigenvalue weighted by Gasteiger charge is -2.15. The number of aromatic nitrogens is 2. The molecule has 1 unspecified atom stereocenters. The van der Waals surface area contributed by atoms with E-state index < -0.39 is 5.25 Å².